The molecular formula is C14H17N3O2. The van der Waals surface area contributed by atoms with Crippen LogP contribution in [0.25, 0.3) is 11.1 Å². The van der Waals surface area contributed by atoms with Crippen molar-refractivity contribution >= 4 is 11.8 Å². The maximum atomic E-state index is 11.8. The lowest BCUT2D eigenvalue weighted by Gasteiger charge is -2.08. The molecule has 0 unspecified atom stereocenters. The number of rotatable bonds is 2. The Bertz CT molecular complexity index is 644. The quantitative estimate of drug-likeness (QED) is 0.838. The van der Waals surface area contributed by atoms with E-state index in [1.54, 1.807) is 7.05 Å². The third kappa shape index (κ3) is 2.19. The van der Waals surface area contributed by atoms with Gasteiger partial charge in [0.1, 0.15) is 5.82 Å². The molecule has 5 nitrogen and oxygen atoms in total. The maximum absolute atomic E-state index is 11.8. The van der Waals surface area contributed by atoms with Gasteiger partial charge in [0.15, 0.2) is 5.69 Å². The largest absolute Gasteiger partial charge is 0.464 e. The molecule has 0 fully saturated rings. The molecule has 1 heterocycles. The summed E-state index contributed by atoms with van der Waals surface area (Å²) in [4.78, 5) is 11.8. The molecule has 0 spiro atoms. The highest BCUT2D eigenvalue weighted by Crippen LogP contribution is 2.32. The number of carbonyl (C=O) groups excluding carboxylic acids is 1. The van der Waals surface area contributed by atoms with Crippen molar-refractivity contribution in [3.05, 3.63) is 35.0 Å². The summed E-state index contributed by atoms with van der Waals surface area (Å²) in [5.41, 5.74) is 9.96. The first-order valence-electron chi connectivity index (χ1n) is 5.94. The third-order valence-corrected chi connectivity index (χ3v) is 3.13. The highest BCUT2D eigenvalue weighted by molar-refractivity contribution is 5.99. The van der Waals surface area contributed by atoms with Crippen LogP contribution in [0, 0.1) is 13.8 Å². The van der Waals surface area contributed by atoms with E-state index in [4.69, 9.17) is 10.5 Å². The van der Waals surface area contributed by atoms with E-state index in [0.717, 1.165) is 16.7 Å². The lowest BCUT2D eigenvalue weighted by molar-refractivity contribution is 0.0594. The van der Waals surface area contributed by atoms with Crippen LogP contribution in [0.5, 0.6) is 0 Å². The van der Waals surface area contributed by atoms with Crippen LogP contribution in [0.3, 0.4) is 0 Å². The molecule has 0 bridgehead atoms. The number of anilines is 1. The summed E-state index contributed by atoms with van der Waals surface area (Å²) in [5, 5.41) is 4.15. The fraction of sp³-hybridized carbons (Fsp3) is 0.286. The van der Waals surface area contributed by atoms with Gasteiger partial charge in [0.2, 0.25) is 0 Å². The summed E-state index contributed by atoms with van der Waals surface area (Å²) in [5.74, 6) is -0.0303. The molecule has 2 N–H and O–H groups in total. The predicted octanol–water partition coefficient (Wildman–Crippen LogP) is 2.07. The Kier molecular flexibility index (Phi) is 3.29. The molecule has 0 aliphatic rings. The number of aryl methyl sites for hydroxylation is 3. The number of esters is 1. The van der Waals surface area contributed by atoms with Gasteiger partial charge in [0.05, 0.1) is 12.7 Å². The number of aromatic nitrogens is 2. The van der Waals surface area contributed by atoms with Gasteiger partial charge >= 0.3 is 5.97 Å². The van der Waals surface area contributed by atoms with Gasteiger partial charge in [0.25, 0.3) is 0 Å². The van der Waals surface area contributed by atoms with E-state index < -0.39 is 5.97 Å². The van der Waals surface area contributed by atoms with Crippen LogP contribution in [0.1, 0.15) is 21.6 Å². The van der Waals surface area contributed by atoms with Gasteiger partial charge in [-0.25, -0.2) is 4.79 Å². The highest BCUT2D eigenvalue weighted by Gasteiger charge is 2.23. The summed E-state index contributed by atoms with van der Waals surface area (Å²) in [6, 6.07) is 6.01. The van der Waals surface area contributed by atoms with Crippen molar-refractivity contribution in [3.63, 3.8) is 0 Å². The zero-order valence-electron chi connectivity index (χ0n) is 11.5. The lowest BCUT2D eigenvalue weighted by atomic mass is 9.98. The van der Waals surface area contributed by atoms with Crippen LogP contribution >= 0.6 is 0 Å². The first kappa shape index (κ1) is 13.1. The second-order valence-corrected chi connectivity index (χ2v) is 4.54. The first-order chi connectivity index (χ1) is 8.95. The zero-order chi connectivity index (χ0) is 14.2. The van der Waals surface area contributed by atoms with Gasteiger partial charge in [-0.2, -0.15) is 5.10 Å². The van der Waals surface area contributed by atoms with E-state index in [-0.39, 0.29) is 5.69 Å². The Morgan fingerprint density at radius 3 is 2.68 bits per heavy atom. The fourth-order valence-electron chi connectivity index (χ4n) is 2.05. The Hall–Kier alpha value is -2.30. The molecule has 2 rings (SSSR count). The second-order valence-electron chi connectivity index (χ2n) is 4.54. The molecule has 0 amide bonds. The van der Waals surface area contributed by atoms with Gasteiger partial charge in [-0.05, 0) is 25.0 Å². The molecular weight excluding hydrogens is 242 g/mol. The molecule has 0 aliphatic heterocycles. The molecule has 0 atom stereocenters. The Labute approximate surface area is 112 Å². The van der Waals surface area contributed by atoms with Crippen LogP contribution in [-0.2, 0) is 11.8 Å². The van der Waals surface area contributed by atoms with Crippen molar-refractivity contribution in [2.24, 2.45) is 7.05 Å². The van der Waals surface area contributed by atoms with Gasteiger partial charge < -0.3 is 10.5 Å². The average molecular weight is 259 g/mol. The molecule has 0 aliphatic carbocycles. The normalized spacial score (nSPS) is 10.5. The van der Waals surface area contributed by atoms with Crippen LogP contribution in [-0.4, -0.2) is 22.9 Å². The van der Waals surface area contributed by atoms with E-state index >= 15 is 0 Å². The van der Waals surface area contributed by atoms with Crippen molar-refractivity contribution in [1.29, 1.82) is 0 Å². The summed E-state index contributed by atoms with van der Waals surface area (Å²) >= 11 is 0. The molecule has 1 aromatic heterocycles. The standard InChI is InChI=1S/C14H17N3O2/c1-8-5-6-9(2)10(7-8)11-12(14(18)19-4)16-17(3)13(11)15/h5-7H,15H2,1-4H3. The van der Waals surface area contributed by atoms with Crippen LogP contribution < -0.4 is 5.73 Å². The van der Waals surface area contributed by atoms with Gasteiger partial charge in [-0.1, -0.05) is 23.8 Å². The van der Waals surface area contributed by atoms with Crippen LogP contribution in [0.15, 0.2) is 18.2 Å². The van der Waals surface area contributed by atoms with Gasteiger partial charge in [0, 0.05) is 7.05 Å². The fourth-order valence-corrected chi connectivity index (χ4v) is 2.05. The number of nitrogen functional groups attached to an aromatic ring is 1. The number of hydrogen-bond acceptors (Lipinski definition) is 4. The number of carbonyl (C=O) groups is 1. The van der Waals surface area contributed by atoms with E-state index in [9.17, 15) is 4.79 Å². The number of nitrogens with zero attached hydrogens (tertiary/aromatic N) is 2. The van der Waals surface area contributed by atoms with Gasteiger partial charge in [-0.15, -0.1) is 0 Å². The minimum Gasteiger partial charge on any atom is -0.464 e. The third-order valence-electron chi connectivity index (χ3n) is 3.13. The molecule has 5 heteroatoms. The average Bonchev–Trinajstić information content (AvgIpc) is 2.68. The highest BCUT2D eigenvalue weighted by atomic mass is 16.5. The Morgan fingerprint density at radius 2 is 2.05 bits per heavy atom. The van der Waals surface area contributed by atoms with Crippen molar-refractivity contribution in [1.82, 2.24) is 9.78 Å². The van der Waals surface area contributed by atoms with Crippen molar-refractivity contribution in [2.75, 3.05) is 12.8 Å². The van der Waals surface area contributed by atoms with Crippen molar-refractivity contribution in [3.8, 4) is 11.1 Å². The number of hydrogen-bond donors (Lipinski definition) is 1. The van der Waals surface area contributed by atoms with E-state index in [2.05, 4.69) is 5.10 Å². The minimum absolute atomic E-state index is 0.246. The zero-order valence-corrected chi connectivity index (χ0v) is 11.5. The van der Waals surface area contributed by atoms with Crippen LogP contribution in [0.4, 0.5) is 5.82 Å². The van der Waals surface area contributed by atoms with E-state index in [1.165, 1.54) is 11.8 Å². The minimum atomic E-state index is -0.483. The molecule has 0 radical (unpaired) electrons. The molecule has 1 aromatic carbocycles. The Balaban J connectivity index is 2.74. The lowest BCUT2D eigenvalue weighted by Crippen LogP contribution is -2.05. The number of nitrogens with two attached hydrogens (primary N) is 1. The number of methoxy groups -OCH3 is 1. The van der Waals surface area contributed by atoms with E-state index in [1.807, 2.05) is 32.0 Å². The van der Waals surface area contributed by atoms with Gasteiger partial charge in [-0.3, -0.25) is 4.68 Å². The molecule has 0 saturated heterocycles. The summed E-state index contributed by atoms with van der Waals surface area (Å²) in [7, 11) is 3.04. The molecule has 100 valence electrons. The van der Waals surface area contributed by atoms with Crippen molar-refractivity contribution < 1.29 is 9.53 Å². The SMILES string of the molecule is COC(=O)c1nn(C)c(N)c1-c1cc(C)ccc1C. The summed E-state index contributed by atoms with van der Waals surface area (Å²) in [6.07, 6.45) is 0. The van der Waals surface area contributed by atoms with E-state index in [0.29, 0.717) is 11.4 Å². The monoisotopic (exact) mass is 259 g/mol. The summed E-state index contributed by atoms with van der Waals surface area (Å²) in [6.45, 7) is 3.97. The second kappa shape index (κ2) is 4.76. The maximum Gasteiger partial charge on any atom is 0.359 e. The smallest absolute Gasteiger partial charge is 0.359 e. The van der Waals surface area contributed by atoms with Crippen molar-refractivity contribution in [2.45, 2.75) is 13.8 Å². The molecule has 0 saturated carbocycles. The number of benzene rings is 1. The Morgan fingerprint density at radius 1 is 1.37 bits per heavy atom. The number of ether oxygens (including phenoxy) is 1. The van der Waals surface area contributed by atoms with Crippen LogP contribution in [0.2, 0.25) is 0 Å². The molecule has 2 aromatic rings. The predicted molar refractivity (Wildman–Crippen MR) is 73.9 cm³/mol. The topological polar surface area (TPSA) is 70.1 Å². The molecule has 19 heavy (non-hydrogen) atoms. The first-order valence-corrected chi connectivity index (χ1v) is 5.94. The summed E-state index contributed by atoms with van der Waals surface area (Å²) < 4.78 is 6.26.